The monoisotopic (exact) mass is 362 g/mol. The maximum absolute atomic E-state index is 6.17. The number of furan rings is 2. The first-order valence-corrected chi connectivity index (χ1v) is 9.52. The SMILES string of the molecule is Cc1ccc2oc3cc(-c4ccc5c(c4)oc4c(C)cccc45)ccc3c2c1. The van der Waals surface area contributed by atoms with Crippen LogP contribution in [-0.4, -0.2) is 0 Å². The molecule has 2 aromatic heterocycles. The standard InChI is InChI=1S/C26H18O2/c1-15-6-11-23-22(12-15)20-10-8-17(13-24(20)27-23)18-7-9-19-21-5-3-4-16(2)26(21)28-25(19)14-18/h3-14H,1-2H3. The lowest BCUT2D eigenvalue weighted by molar-refractivity contribution is 0.665. The molecule has 0 aliphatic carbocycles. The van der Waals surface area contributed by atoms with Crippen molar-refractivity contribution in [2.24, 2.45) is 0 Å². The lowest BCUT2D eigenvalue weighted by Gasteiger charge is -2.02. The lowest BCUT2D eigenvalue weighted by atomic mass is 10.0. The van der Waals surface area contributed by atoms with E-state index in [4.69, 9.17) is 8.83 Å². The van der Waals surface area contributed by atoms with E-state index in [0.717, 1.165) is 49.8 Å². The largest absolute Gasteiger partial charge is 0.456 e. The van der Waals surface area contributed by atoms with Crippen LogP contribution in [0.1, 0.15) is 11.1 Å². The van der Waals surface area contributed by atoms with Gasteiger partial charge in [-0.15, -0.1) is 0 Å². The second-order valence-electron chi connectivity index (χ2n) is 7.58. The first-order chi connectivity index (χ1) is 13.7. The second kappa shape index (κ2) is 5.49. The summed E-state index contributed by atoms with van der Waals surface area (Å²) in [6, 6.07) is 25.5. The van der Waals surface area contributed by atoms with Crippen LogP contribution in [0.4, 0.5) is 0 Å². The molecule has 0 amide bonds. The van der Waals surface area contributed by atoms with Gasteiger partial charge in [0.05, 0.1) is 0 Å². The average Bonchev–Trinajstić information content (AvgIpc) is 3.26. The Bertz CT molecular complexity index is 1530. The summed E-state index contributed by atoms with van der Waals surface area (Å²) in [6.07, 6.45) is 0. The quantitative estimate of drug-likeness (QED) is 0.299. The van der Waals surface area contributed by atoms with Crippen molar-refractivity contribution in [2.45, 2.75) is 13.8 Å². The normalized spacial score (nSPS) is 11.9. The highest BCUT2D eigenvalue weighted by atomic mass is 16.3. The van der Waals surface area contributed by atoms with Gasteiger partial charge in [-0.25, -0.2) is 0 Å². The molecular weight excluding hydrogens is 344 g/mol. The van der Waals surface area contributed by atoms with Crippen molar-refractivity contribution in [3.63, 3.8) is 0 Å². The molecule has 0 fully saturated rings. The van der Waals surface area contributed by atoms with E-state index in [1.165, 1.54) is 16.3 Å². The van der Waals surface area contributed by atoms with Gasteiger partial charge in [0.15, 0.2) is 0 Å². The zero-order valence-electron chi connectivity index (χ0n) is 15.7. The van der Waals surface area contributed by atoms with E-state index in [-0.39, 0.29) is 0 Å². The van der Waals surface area contributed by atoms with E-state index in [1.54, 1.807) is 0 Å². The molecule has 2 heteroatoms. The maximum atomic E-state index is 6.17. The van der Waals surface area contributed by atoms with Gasteiger partial charge in [0.2, 0.25) is 0 Å². The molecule has 134 valence electrons. The van der Waals surface area contributed by atoms with Gasteiger partial charge in [0.1, 0.15) is 22.3 Å². The Hall–Kier alpha value is -3.52. The van der Waals surface area contributed by atoms with Gasteiger partial charge in [-0.05, 0) is 66.9 Å². The van der Waals surface area contributed by atoms with Crippen molar-refractivity contribution in [3.05, 3.63) is 83.9 Å². The molecule has 6 rings (SSSR count). The molecule has 2 nitrogen and oxygen atoms in total. The topological polar surface area (TPSA) is 26.3 Å². The van der Waals surface area contributed by atoms with Gasteiger partial charge < -0.3 is 8.83 Å². The zero-order chi connectivity index (χ0) is 18.8. The molecule has 28 heavy (non-hydrogen) atoms. The average molecular weight is 362 g/mol. The van der Waals surface area contributed by atoms with Crippen molar-refractivity contribution in [3.8, 4) is 11.1 Å². The second-order valence-corrected chi connectivity index (χ2v) is 7.58. The number of hydrogen-bond acceptors (Lipinski definition) is 2. The van der Waals surface area contributed by atoms with Crippen LogP contribution in [0.3, 0.4) is 0 Å². The smallest absolute Gasteiger partial charge is 0.138 e. The van der Waals surface area contributed by atoms with Gasteiger partial charge in [-0.1, -0.05) is 42.0 Å². The molecule has 0 aliphatic heterocycles. The minimum Gasteiger partial charge on any atom is -0.456 e. The number of fused-ring (bicyclic) bond motifs is 6. The predicted molar refractivity (Wildman–Crippen MR) is 116 cm³/mol. The Morgan fingerprint density at radius 3 is 2.04 bits per heavy atom. The zero-order valence-corrected chi connectivity index (χ0v) is 15.7. The molecule has 2 heterocycles. The third-order valence-corrected chi connectivity index (χ3v) is 5.66. The molecule has 0 spiro atoms. The molecule has 0 saturated carbocycles. The Morgan fingerprint density at radius 2 is 1.25 bits per heavy atom. The van der Waals surface area contributed by atoms with Crippen LogP contribution in [0.25, 0.3) is 55.0 Å². The van der Waals surface area contributed by atoms with E-state index in [2.05, 4.69) is 80.6 Å². The van der Waals surface area contributed by atoms with E-state index in [1.807, 2.05) is 6.07 Å². The molecule has 6 aromatic rings. The summed E-state index contributed by atoms with van der Waals surface area (Å²) >= 11 is 0. The van der Waals surface area contributed by atoms with Gasteiger partial charge in [0.25, 0.3) is 0 Å². The van der Waals surface area contributed by atoms with Crippen LogP contribution < -0.4 is 0 Å². The predicted octanol–water partition coefficient (Wildman–Crippen LogP) is 7.77. The lowest BCUT2D eigenvalue weighted by Crippen LogP contribution is -1.78. The fourth-order valence-electron chi connectivity index (χ4n) is 4.19. The summed E-state index contributed by atoms with van der Waals surface area (Å²) < 4.78 is 12.3. The first-order valence-electron chi connectivity index (χ1n) is 9.52. The third-order valence-electron chi connectivity index (χ3n) is 5.66. The van der Waals surface area contributed by atoms with E-state index < -0.39 is 0 Å². The van der Waals surface area contributed by atoms with Crippen LogP contribution in [0, 0.1) is 13.8 Å². The van der Waals surface area contributed by atoms with Gasteiger partial charge in [0, 0.05) is 21.5 Å². The van der Waals surface area contributed by atoms with Crippen LogP contribution in [0.5, 0.6) is 0 Å². The summed E-state index contributed by atoms with van der Waals surface area (Å²) in [5, 5.41) is 4.65. The summed E-state index contributed by atoms with van der Waals surface area (Å²) in [5.41, 5.74) is 8.39. The van der Waals surface area contributed by atoms with Crippen LogP contribution in [0.15, 0.2) is 81.6 Å². The van der Waals surface area contributed by atoms with Crippen molar-refractivity contribution < 1.29 is 8.83 Å². The minimum atomic E-state index is 0.915. The highest BCUT2D eigenvalue weighted by molar-refractivity contribution is 6.08. The number of hydrogen-bond donors (Lipinski definition) is 0. The van der Waals surface area contributed by atoms with Crippen LogP contribution in [-0.2, 0) is 0 Å². The molecule has 0 unspecified atom stereocenters. The van der Waals surface area contributed by atoms with E-state index in [0.29, 0.717) is 0 Å². The van der Waals surface area contributed by atoms with Crippen LogP contribution >= 0.6 is 0 Å². The summed E-state index contributed by atoms with van der Waals surface area (Å²) in [7, 11) is 0. The Morgan fingerprint density at radius 1 is 0.536 bits per heavy atom. The van der Waals surface area contributed by atoms with Gasteiger partial charge in [-0.3, -0.25) is 0 Å². The molecule has 0 atom stereocenters. The highest BCUT2D eigenvalue weighted by Gasteiger charge is 2.12. The summed E-state index contributed by atoms with van der Waals surface area (Å²) in [5.74, 6) is 0. The third kappa shape index (κ3) is 2.15. The number of benzene rings is 4. The van der Waals surface area contributed by atoms with Gasteiger partial charge >= 0.3 is 0 Å². The number of rotatable bonds is 1. The molecule has 0 aliphatic rings. The first kappa shape index (κ1) is 15.5. The highest BCUT2D eigenvalue weighted by Crippen LogP contribution is 2.36. The summed E-state index contributed by atoms with van der Waals surface area (Å²) in [4.78, 5) is 0. The van der Waals surface area contributed by atoms with Crippen molar-refractivity contribution >= 4 is 43.9 Å². The van der Waals surface area contributed by atoms with E-state index >= 15 is 0 Å². The molecule has 0 bridgehead atoms. The molecule has 0 saturated heterocycles. The Balaban J connectivity index is 1.55. The maximum Gasteiger partial charge on any atom is 0.138 e. The minimum absolute atomic E-state index is 0.915. The van der Waals surface area contributed by atoms with E-state index in [9.17, 15) is 0 Å². The molecular formula is C26H18O2. The van der Waals surface area contributed by atoms with Crippen molar-refractivity contribution in [1.82, 2.24) is 0 Å². The fourth-order valence-corrected chi connectivity index (χ4v) is 4.19. The fraction of sp³-hybridized carbons (Fsp3) is 0.0769. The number of para-hydroxylation sites is 1. The Kier molecular flexibility index (Phi) is 3.05. The molecule has 0 N–H and O–H groups in total. The summed E-state index contributed by atoms with van der Waals surface area (Å²) in [6.45, 7) is 4.19. The molecule has 0 radical (unpaired) electrons. The Labute approximate surface area is 162 Å². The molecule has 4 aromatic carbocycles. The number of aryl methyl sites for hydroxylation is 2. The van der Waals surface area contributed by atoms with Crippen molar-refractivity contribution in [1.29, 1.82) is 0 Å². The van der Waals surface area contributed by atoms with Gasteiger partial charge in [-0.2, -0.15) is 0 Å². The van der Waals surface area contributed by atoms with Crippen LogP contribution in [0.2, 0.25) is 0 Å². The van der Waals surface area contributed by atoms with Crippen molar-refractivity contribution in [2.75, 3.05) is 0 Å².